The van der Waals surface area contributed by atoms with Crippen molar-refractivity contribution in [2.45, 2.75) is 24.9 Å². The summed E-state index contributed by atoms with van der Waals surface area (Å²) in [6.45, 7) is 3.71. The lowest BCUT2D eigenvalue weighted by atomic mass is 10.1. The molecule has 31 heavy (non-hydrogen) atoms. The molecular formula is C25H25N3O2S. The zero-order valence-corrected chi connectivity index (χ0v) is 18.4. The van der Waals surface area contributed by atoms with Gasteiger partial charge in [0.1, 0.15) is 0 Å². The predicted molar refractivity (Wildman–Crippen MR) is 128 cm³/mol. The van der Waals surface area contributed by atoms with Gasteiger partial charge in [-0.3, -0.25) is 9.59 Å². The minimum absolute atomic E-state index is 0.132. The molecule has 0 aliphatic carbocycles. The molecule has 6 heteroatoms. The molecule has 3 rings (SSSR count). The van der Waals surface area contributed by atoms with E-state index >= 15 is 0 Å². The highest BCUT2D eigenvalue weighted by atomic mass is 32.2. The first-order valence-corrected chi connectivity index (χ1v) is 11.0. The highest BCUT2D eigenvalue weighted by molar-refractivity contribution is 7.99. The molecule has 2 amide bonds. The molecule has 0 aromatic heterocycles. The Morgan fingerprint density at radius 1 is 0.871 bits per heavy atom. The van der Waals surface area contributed by atoms with Gasteiger partial charge in [0.25, 0.3) is 11.8 Å². The third-order valence-corrected chi connectivity index (χ3v) is 5.86. The Morgan fingerprint density at radius 2 is 1.48 bits per heavy atom. The van der Waals surface area contributed by atoms with Crippen molar-refractivity contribution in [1.82, 2.24) is 5.43 Å². The average Bonchev–Trinajstić information content (AvgIpc) is 2.82. The van der Waals surface area contributed by atoms with E-state index in [2.05, 4.69) is 15.8 Å². The van der Waals surface area contributed by atoms with Gasteiger partial charge in [-0.2, -0.15) is 5.10 Å². The second-order valence-corrected chi connectivity index (χ2v) is 8.34. The highest BCUT2D eigenvalue weighted by Gasteiger charge is 2.13. The number of hydrogen-bond donors (Lipinski definition) is 2. The van der Waals surface area contributed by atoms with E-state index in [1.807, 2.05) is 86.6 Å². The first-order valence-electron chi connectivity index (χ1n) is 9.99. The van der Waals surface area contributed by atoms with Crippen molar-refractivity contribution in [2.75, 3.05) is 5.32 Å². The third-order valence-electron chi connectivity index (χ3n) is 4.64. The summed E-state index contributed by atoms with van der Waals surface area (Å²) in [4.78, 5) is 24.6. The van der Waals surface area contributed by atoms with Gasteiger partial charge >= 0.3 is 0 Å². The molecule has 0 spiro atoms. The molecule has 3 aromatic carbocycles. The van der Waals surface area contributed by atoms with E-state index in [9.17, 15) is 9.59 Å². The Kier molecular flexibility index (Phi) is 8.01. The predicted octanol–water partition coefficient (Wildman–Crippen LogP) is 5.10. The molecule has 5 nitrogen and oxygen atoms in total. The van der Waals surface area contributed by atoms with E-state index in [-0.39, 0.29) is 17.1 Å². The van der Waals surface area contributed by atoms with Crippen LogP contribution in [-0.4, -0.2) is 22.8 Å². The topological polar surface area (TPSA) is 70.6 Å². The van der Waals surface area contributed by atoms with Crippen molar-refractivity contribution < 1.29 is 9.59 Å². The van der Waals surface area contributed by atoms with E-state index in [1.54, 1.807) is 23.9 Å². The van der Waals surface area contributed by atoms with Gasteiger partial charge in [-0.05, 0) is 49.2 Å². The number of hydrogen-bond acceptors (Lipinski definition) is 4. The van der Waals surface area contributed by atoms with Crippen LogP contribution in [0.2, 0.25) is 0 Å². The van der Waals surface area contributed by atoms with Crippen LogP contribution in [-0.2, 0) is 10.5 Å². The molecule has 0 bridgehead atoms. The second-order valence-electron chi connectivity index (χ2n) is 7.01. The number of amides is 2. The molecule has 0 radical (unpaired) electrons. The smallest absolute Gasteiger partial charge is 0.255 e. The summed E-state index contributed by atoms with van der Waals surface area (Å²) in [7, 11) is 0. The van der Waals surface area contributed by atoms with E-state index in [0.29, 0.717) is 17.0 Å². The van der Waals surface area contributed by atoms with Gasteiger partial charge in [-0.25, -0.2) is 5.43 Å². The first kappa shape index (κ1) is 22.3. The van der Waals surface area contributed by atoms with Crippen LogP contribution >= 0.6 is 11.8 Å². The van der Waals surface area contributed by atoms with E-state index in [1.165, 1.54) is 5.56 Å². The zero-order valence-electron chi connectivity index (χ0n) is 17.5. The van der Waals surface area contributed by atoms with Gasteiger partial charge in [-0.1, -0.05) is 60.7 Å². The lowest BCUT2D eigenvalue weighted by Crippen LogP contribution is -2.27. The molecule has 0 saturated heterocycles. The molecule has 0 saturated carbocycles. The molecule has 0 unspecified atom stereocenters. The lowest BCUT2D eigenvalue weighted by molar-refractivity contribution is -0.120. The number of hydrazone groups is 1. The highest BCUT2D eigenvalue weighted by Crippen LogP contribution is 2.17. The van der Waals surface area contributed by atoms with Crippen molar-refractivity contribution in [3.05, 3.63) is 102 Å². The first-order chi connectivity index (χ1) is 15.0. The summed E-state index contributed by atoms with van der Waals surface area (Å²) in [5.41, 5.74) is 6.68. The number of rotatable bonds is 8. The Bertz CT molecular complexity index is 1040. The minimum atomic E-state index is -0.215. The van der Waals surface area contributed by atoms with Crippen LogP contribution in [0.4, 0.5) is 5.69 Å². The summed E-state index contributed by atoms with van der Waals surface area (Å²) in [5.74, 6) is 0.480. The summed E-state index contributed by atoms with van der Waals surface area (Å²) < 4.78 is 0. The fourth-order valence-electron chi connectivity index (χ4n) is 2.75. The SMILES string of the molecule is C/C(=N/NC(=O)[C@@H](C)SCc1ccccc1)c1ccc(NC(=O)c2ccccc2)cc1. The summed E-state index contributed by atoms with van der Waals surface area (Å²) in [6, 6.07) is 26.5. The zero-order chi connectivity index (χ0) is 22.1. The van der Waals surface area contributed by atoms with E-state index < -0.39 is 0 Å². The largest absolute Gasteiger partial charge is 0.322 e. The van der Waals surface area contributed by atoms with Crippen molar-refractivity contribution >= 4 is 35.0 Å². The maximum Gasteiger partial charge on any atom is 0.255 e. The summed E-state index contributed by atoms with van der Waals surface area (Å²) in [6.07, 6.45) is 0. The third kappa shape index (κ3) is 6.83. The van der Waals surface area contributed by atoms with Crippen LogP contribution in [0.5, 0.6) is 0 Å². The Morgan fingerprint density at radius 3 is 2.13 bits per heavy atom. The van der Waals surface area contributed by atoms with Crippen LogP contribution in [0, 0.1) is 0 Å². The van der Waals surface area contributed by atoms with Crippen molar-refractivity contribution in [2.24, 2.45) is 5.10 Å². The van der Waals surface area contributed by atoms with Gasteiger partial charge in [0, 0.05) is 17.0 Å². The van der Waals surface area contributed by atoms with Crippen molar-refractivity contribution in [3.63, 3.8) is 0 Å². The number of thioether (sulfide) groups is 1. The average molecular weight is 432 g/mol. The normalized spacial score (nSPS) is 12.1. The fraction of sp³-hybridized carbons (Fsp3) is 0.160. The maximum absolute atomic E-state index is 12.3. The molecule has 0 aliphatic rings. The Balaban J connectivity index is 1.51. The maximum atomic E-state index is 12.3. The summed E-state index contributed by atoms with van der Waals surface area (Å²) in [5, 5.41) is 6.88. The number of nitrogens with one attached hydrogen (secondary N) is 2. The van der Waals surface area contributed by atoms with Crippen LogP contribution in [0.15, 0.2) is 90.0 Å². The number of nitrogens with zero attached hydrogens (tertiary/aromatic N) is 1. The van der Waals surface area contributed by atoms with Crippen molar-refractivity contribution in [3.8, 4) is 0 Å². The molecule has 0 fully saturated rings. The molecular weight excluding hydrogens is 406 g/mol. The number of benzene rings is 3. The van der Waals surface area contributed by atoms with Gasteiger partial charge in [0.2, 0.25) is 0 Å². The summed E-state index contributed by atoms with van der Waals surface area (Å²) >= 11 is 1.57. The van der Waals surface area contributed by atoms with Gasteiger partial charge in [0.05, 0.1) is 11.0 Å². The Hall–Kier alpha value is -3.38. The van der Waals surface area contributed by atoms with Crippen LogP contribution in [0.25, 0.3) is 0 Å². The van der Waals surface area contributed by atoms with Crippen LogP contribution < -0.4 is 10.7 Å². The molecule has 0 heterocycles. The molecule has 1 atom stereocenters. The minimum Gasteiger partial charge on any atom is -0.322 e. The molecule has 158 valence electrons. The molecule has 0 aliphatic heterocycles. The standard InChI is InChI=1S/C25H25N3O2S/c1-18(27-28-24(29)19(2)31-17-20-9-5-3-6-10-20)21-13-15-23(16-14-21)26-25(30)22-11-7-4-8-12-22/h3-16,19H,17H2,1-2H3,(H,26,30)(H,28,29)/b27-18-/t19-/m1/s1. The second kappa shape index (κ2) is 11.1. The monoisotopic (exact) mass is 431 g/mol. The Labute approximate surface area is 187 Å². The molecule has 2 N–H and O–H groups in total. The number of carbonyl (C=O) groups excluding carboxylic acids is 2. The van der Waals surface area contributed by atoms with Crippen molar-refractivity contribution in [1.29, 1.82) is 0 Å². The van der Waals surface area contributed by atoms with Crippen LogP contribution in [0.1, 0.15) is 35.3 Å². The quantitative estimate of drug-likeness (QED) is 0.385. The van der Waals surface area contributed by atoms with Crippen LogP contribution in [0.3, 0.4) is 0 Å². The fourth-order valence-corrected chi connectivity index (χ4v) is 3.59. The van der Waals surface area contributed by atoms with E-state index in [0.717, 1.165) is 11.3 Å². The van der Waals surface area contributed by atoms with Gasteiger partial charge in [0.15, 0.2) is 0 Å². The number of carbonyl (C=O) groups is 2. The van der Waals surface area contributed by atoms with E-state index in [4.69, 9.17) is 0 Å². The van der Waals surface area contributed by atoms with Gasteiger partial charge < -0.3 is 5.32 Å². The number of anilines is 1. The molecule has 3 aromatic rings. The lowest BCUT2D eigenvalue weighted by Gasteiger charge is -2.10. The van der Waals surface area contributed by atoms with Gasteiger partial charge in [-0.15, -0.1) is 11.8 Å².